The number of ether oxygens (including phenoxy) is 1. The van der Waals surface area contributed by atoms with Crippen LogP contribution in [0.4, 0.5) is 11.4 Å². The summed E-state index contributed by atoms with van der Waals surface area (Å²) >= 11 is 0. The maximum absolute atomic E-state index is 12.3. The van der Waals surface area contributed by atoms with Gasteiger partial charge in [-0.05, 0) is 36.2 Å². The van der Waals surface area contributed by atoms with Crippen molar-refractivity contribution in [2.45, 2.75) is 51.3 Å². The first-order chi connectivity index (χ1) is 12.8. The average molecular weight is 350 g/mol. The summed E-state index contributed by atoms with van der Waals surface area (Å²) in [5.41, 5.74) is 2.32. The van der Waals surface area contributed by atoms with Crippen LogP contribution in [0.2, 0.25) is 5.82 Å². The lowest BCUT2D eigenvalue weighted by molar-refractivity contribution is -0.143. The van der Waals surface area contributed by atoms with Crippen molar-refractivity contribution >= 4 is 35.1 Å². The van der Waals surface area contributed by atoms with E-state index in [4.69, 9.17) is 4.74 Å². The van der Waals surface area contributed by atoms with Crippen molar-refractivity contribution in [3.8, 4) is 0 Å². The third-order valence-corrected chi connectivity index (χ3v) is 5.92. The van der Waals surface area contributed by atoms with Gasteiger partial charge in [0.25, 0.3) is 0 Å². The zero-order valence-electron chi connectivity index (χ0n) is 15.5. The van der Waals surface area contributed by atoms with Crippen molar-refractivity contribution < 1.29 is 9.53 Å². The molecule has 1 unspecified atom stereocenters. The van der Waals surface area contributed by atoms with Crippen molar-refractivity contribution in [1.82, 2.24) is 0 Å². The highest BCUT2D eigenvalue weighted by Crippen LogP contribution is 2.42. The summed E-state index contributed by atoms with van der Waals surface area (Å²) in [6.07, 6.45) is 6.73. The molecule has 1 aliphatic carbocycles. The van der Waals surface area contributed by atoms with Crippen LogP contribution in [-0.2, 0) is 9.53 Å². The largest absolute Gasteiger partial charge is 0.466 e. The molecule has 0 radical (unpaired) electrons. The van der Waals surface area contributed by atoms with Gasteiger partial charge in [-0.15, -0.1) is 0 Å². The number of hydrogen-bond acceptors (Lipinski definition) is 4. The molecule has 2 aliphatic rings. The van der Waals surface area contributed by atoms with E-state index in [1.807, 2.05) is 6.92 Å². The van der Waals surface area contributed by atoms with Gasteiger partial charge in [0.2, 0.25) is 0 Å². The maximum Gasteiger partial charge on any atom is 0.374 e. The van der Waals surface area contributed by atoms with Crippen LogP contribution in [0.25, 0.3) is 10.8 Å². The van der Waals surface area contributed by atoms with E-state index in [-0.39, 0.29) is 18.8 Å². The van der Waals surface area contributed by atoms with Gasteiger partial charge in [-0.2, -0.15) is 0 Å². The number of nitrogens with one attached hydrogen (secondary N) is 2. The minimum Gasteiger partial charge on any atom is -0.466 e. The van der Waals surface area contributed by atoms with Gasteiger partial charge in [-0.3, -0.25) is 4.79 Å². The van der Waals surface area contributed by atoms with Gasteiger partial charge in [-0.1, -0.05) is 56.4 Å². The summed E-state index contributed by atoms with van der Waals surface area (Å²) < 4.78 is 5.29. The standard InChI is InChI=1S/C21H27BN2O2/c1-2-26-20(25)14-17(15-8-4-3-5-9-15)22-23-18-12-6-10-16-11-7-13-19(24-22)21(16)18/h6-7,10-13,15,17,23-24H,2-5,8-9,14H2,1H3. The number of anilines is 2. The van der Waals surface area contributed by atoms with Crippen LogP contribution in [0.3, 0.4) is 0 Å². The Hall–Kier alpha value is -2.17. The fourth-order valence-electron chi connectivity index (χ4n) is 4.70. The molecular weight excluding hydrogens is 323 g/mol. The summed E-state index contributed by atoms with van der Waals surface area (Å²) in [5.74, 6) is 0.712. The zero-order chi connectivity index (χ0) is 17.9. The first-order valence-corrected chi connectivity index (χ1v) is 9.96. The fraction of sp³-hybridized carbons (Fsp3) is 0.476. The number of benzene rings is 2. The molecule has 4 rings (SSSR count). The van der Waals surface area contributed by atoms with E-state index in [0.29, 0.717) is 18.9 Å². The molecule has 0 spiro atoms. The van der Waals surface area contributed by atoms with Crippen LogP contribution in [0.5, 0.6) is 0 Å². The molecule has 1 atom stereocenters. The van der Waals surface area contributed by atoms with Gasteiger partial charge in [0.15, 0.2) is 0 Å². The fourth-order valence-corrected chi connectivity index (χ4v) is 4.70. The molecule has 1 heterocycles. The highest BCUT2D eigenvalue weighted by Gasteiger charge is 2.38. The first kappa shape index (κ1) is 17.3. The minimum absolute atomic E-state index is 0.0583. The van der Waals surface area contributed by atoms with Gasteiger partial charge in [-0.25, -0.2) is 0 Å². The SMILES string of the molecule is CCOC(=O)CC(B1Nc2cccc3cccc(c23)N1)C1CCCCC1. The van der Waals surface area contributed by atoms with Crippen LogP contribution in [0.1, 0.15) is 45.4 Å². The predicted octanol–water partition coefficient (Wildman–Crippen LogP) is 5.07. The summed E-state index contributed by atoms with van der Waals surface area (Å²) in [4.78, 5) is 12.3. The van der Waals surface area contributed by atoms with Crippen molar-refractivity contribution in [3.05, 3.63) is 36.4 Å². The molecule has 2 aromatic rings. The van der Waals surface area contributed by atoms with E-state index < -0.39 is 0 Å². The molecule has 4 nitrogen and oxygen atoms in total. The van der Waals surface area contributed by atoms with Crippen LogP contribution in [0, 0.1) is 5.92 Å². The molecule has 1 fully saturated rings. The Morgan fingerprint density at radius 2 is 1.77 bits per heavy atom. The number of esters is 1. The molecule has 26 heavy (non-hydrogen) atoms. The molecule has 0 aromatic heterocycles. The van der Waals surface area contributed by atoms with Gasteiger partial charge >= 0.3 is 13.0 Å². The van der Waals surface area contributed by atoms with Gasteiger partial charge in [0.1, 0.15) is 0 Å². The Labute approximate surface area is 155 Å². The predicted molar refractivity (Wildman–Crippen MR) is 109 cm³/mol. The molecule has 0 amide bonds. The Bertz CT molecular complexity index is 748. The van der Waals surface area contributed by atoms with E-state index in [1.54, 1.807) is 0 Å². The molecule has 2 aromatic carbocycles. The van der Waals surface area contributed by atoms with Crippen LogP contribution in [-0.4, -0.2) is 19.6 Å². The zero-order valence-corrected chi connectivity index (χ0v) is 15.5. The first-order valence-electron chi connectivity index (χ1n) is 9.96. The van der Waals surface area contributed by atoms with Crippen LogP contribution in [0.15, 0.2) is 36.4 Å². The van der Waals surface area contributed by atoms with Crippen LogP contribution >= 0.6 is 0 Å². The van der Waals surface area contributed by atoms with Crippen molar-refractivity contribution in [2.24, 2.45) is 5.92 Å². The lowest BCUT2D eigenvalue weighted by atomic mass is 9.52. The molecule has 0 saturated heterocycles. The van der Waals surface area contributed by atoms with Crippen LogP contribution < -0.4 is 10.5 Å². The van der Waals surface area contributed by atoms with E-state index in [0.717, 1.165) is 11.4 Å². The van der Waals surface area contributed by atoms with E-state index in [1.165, 1.54) is 42.9 Å². The molecular formula is C21H27BN2O2. The maximum atomic E-state index is 12.3. The summed E-state index contributed by atoms with van der Waals surface area (Å²) in [5, 5.41) is 9.85. The Kier molecular flexibility index (Phi) is 5.05. The average Bonchev–Trinajstić information content (AvgIpc) is 2.67. The summed E-state index contributed by atoms with van der Waals surface area (Å²) in [6.45, 7) is 2.38. The van der Waals surface area contributed by atoms with Gasteiger partial charge in [0, 0.05) is 23.2 Å². The van der Waals surface area contributed by atoms with Gasteiger partial charge < -0.3 is 15.2 Å². The number of hydrogen-bond donors (Lipinski definition) is 2. The third-order valence-electron chi connectivity index (χ3n) is 5.92. The topological polar surface area (TPSA) is 50.4 Å². The second kappa shape index (κ2) is 7.61. The quantitative estimate of drug-likeness (QED) is 0.584. The van der Waals surface area contributed by atoms with Crippen molar-refractivity contribution in [2.75, 3.05) is 17.1 Å². The Morgan fingerprint density at radius 1 is 1.12 bits per heavy atom. The number of carbonyl (C=O) groups is 1. The smallest absolute Gasteiger partial charge is 0.374 e. The van der Waals surface area contributed by atoms with Crippen molar-refractivity contribution in [1.29, 1.82) is 0 Å². The van der Waals surface area contributed by atoms with E-state index in [9.17, 15) is 4.79 Å². The second-order valence-corrected chi connectivity index (χ2v) is 7.55. The normalized spacial score (nSPS) is 18.1. The van der Waals surface area contributed by atoms with Gasteiger partial charge in [0.05, 0.1) is 6.61 Å². The van der Waals surface area contributed by atoms with E-state index >= 15 is 0 Å². The highest BCUT2D eigenvalue weighted by atomic mass is 16.5. The lowest BCUT2D eigenvalue weighted by Crippen LogP contribution is -2.45. The number of carbonyl (C=O) groups excluding carboxylic acids is 1. The molecule has 0 bridgehead atoms. The third kappa shape index (κ3) is 3.40. The Morgan fingerprint density at radius 3 is 2.38 bits per heavy atom. The van der Waals surface area contributed by atoms with E-state index in [2.05, 4.69) is 46.9 Å². The second-order valence-electron chi connectivity index (χ2n) is 7.55. The molecule has 136 valence electrons. The minimum atomic E-state index is -0.0799. The lowest BCUT2D eigenvalue weighted by Gasteiger charge is -2.37. The number of rotatable bonds is 5. The summed E-state index contributed by atoms with van der Waals surface area (Å²) in [6, 6.07) is 12.8. The van der Waals surface area contributed by atoms with Crippen molar-refractivity contribution in [3.63, 3.8) is 0 Å². The highest BCUT2D eigenvalue weighted by molar-refractivity contribution is 6.69. The Balaban J connectivity index is 1.62. The monoisotopic (exact) mass is 350 g/mol. The molecule has 1 aliphatic heterocycles. The molecule has 5 heteroatoms. The molecule has 1 saturated carbocycles. The molecule has 2 N–H and O–H groups in total. The summed E-state index contributed by atoms with van der Waals surface area (Å²) in [7, 11) is 0.